The van der Waals surface area contributed by atoms with Gasteiger partial charge in [0.15, 0.2) is 0 Å². The molecule has 1 N–H and O–H groups in total. The largest absolute Gasteiger partial charge is 0.357 e. The van der Waals surface area contributed by atoms with Gasteiger partial charge in [-0.3, -0.25) is 4.79 Å². The fraction of sp³-hybridized carbons (Fsp3) is 0.458. The summed E-state index contributed by atoms with van der Waals surface area (Å²) in [7, 11) is 0. The van der Waals surface area contributed by atoms with Crippen LogP contribution in [0.2, 0.25) is 0 Å². The molecule has 0 atom stereocenters. The highest BCUT2D eigenvalue weighted by Gasteiger charge is 2.15. The van der Waals surface area contributed by atoms with Gasteiger partial charge in [0.05, 0.1) is 16.6 Å². The number of benzene rings is 1. The average molecular weight is 404 g/mol. The van der Waals surface area contributed by atoms with Crippen molar-refractivity contribution >= 4 is 28.4 Å². The van der Waals surface area contributed by atoms with E-state index in [1.54, 1.807) is 6.20 Å². The Balaban J connectivity index is 1.30. The molecule has 0 aliphatic carbocycles. The Morgan fingerprint density at radius 1 is 0.900 bits per heavy atom. The Hall–Kier alpha value is -2.89. The van der Waals surface area contributed by atoms with Gasteiger partial charge in [0, 0.05) is 37.9 Å². The van der Waals surface area contributed by atoms with Gasteiger partial charge in [-0.15, -0.1) is 0 Å². The number of carbonyl (C=O) groups excluding carboxylic acids is 1. The fourth-order valence-corrected chi connectivity index (χ4v) is 4.64. The molecule has 2 aliphatic rings. The number of aryl methyl sites for hydroxylation is 2. The van der Waals surface area contributed by atoms with Crippen LogP contribution in [-0.2, 0) is 13.0 Å². The SMILES string of the molecule is O=C(Nc1ccc2c(c1)nc1n2CCCCC1)c1ccc(N2CCCCCC2)nc1. The number of nitrogens with zero attached hydrogens (tertiary/aromatic N) is 4. The lowest BCUT2D eigenvalue weighted by atomic mass is 10.2. The van der Waals surface area contributed by atoms with Crippen LogP contribution in [0.15, 0.2) is 36.5 Å². The second-order valence-corrected chi connectivity index (χ2v) is 8.45. The maximum absolute atomic E-state index is 12.7. The van der Waals surface area contributed by atoms with E-state index in [2.05, 4.69) is 25.8 Å². The standard InChI is InChI=1S/C24H29N5O/c30-24(18-9-12-22(25-17-18)28-13-5-1-2-6-14-28)26-19-10-11-21-20(16-19)27-23-8-4-3-7-15-29(21)23/h9-12,16-17H,1-8,13-15H2,(H,26,30). The summed E-state index contributed by atoms with van der Waals surface area (Å²) in [5, 5.41) is 3.01. The molecule has 0 radical (unpaired) electrons. The van der Waals surface area contributed by atoms with Gasteiger partial charge in [-0.05, 0) is 56.0 Å². The molecule has 5 rings (SSSR count). The number of anilines is 2. The number of nitrogens with one attached hydrogen (secondary N) is 1. The number of amides is 1. The first-order chi connectivity index (χ1) is 14.8. The van der Waals surface area contributed by atoms with Crippen molar-refractivity contribution in [2.24, 2.45) is 0 Å². The Bertz CT molecular complexity index is 1030. The van der Waals surface area contributed by atoms with Crippen LogP contribution in [0.25, 0.3) is 11.0 Å². The highest BCUT2D eigenvalue weighted by Crippen LogP contribution is 2.25. The van der Waals surface area contributed by atoms with Crippen molar-refractivity contribution in [2.75, 3.05) is 23.3 Å². The smallest absolute Gasteiger partial charge is 0.257 e. The molecule has 30 heavy (non-hydrogen) atoms. The van der Waals surface area contributed by atoms with Crippen LogP contribution >= 0.6 is 0 Å². The molecule has 0 saturated carbocycles. The summed E-state index contributed by atoms with van der Waals surface area (Å²) in [5.74, 6) is 2.00. The van der Waals surface area contributed by atoms with Crippen molar-refractivity contribution in [3.05, 3.63) is 47.9 Å². The number of hydrogen-bond acceptors (Lipinski definition) is 4. The Morgan fingerprint density at radius 2 is 1.70 bits per heavy atom. The first kappa shape index (κ1) is 19.1. The molecule has 1 amide bonds. The number of fused-ring (bicyclic) bond motifs is 3. The molecule has 156 valence electrons. The van der Waals surface area contributed by atoms with Crippen LogP contribution in [0.5, 0.6) is 0 Å². The molecule has 1 aromatic carbocycles. The van der Waals surface area contributed by atoms with Gasteiger partial charge in [0.25, 0.3) is 5.91 Å². The highest BCUT2D eigenvalue weighted by molar-refractivity contribution is 6.04. The summed E-state index contributed by atoms with van der Waals surface area (Å²) in [5.41, 5.74) is 3.47. The second-order valence-electron chi connectivity index (χ2n) is 8.45. The zero-order valence-corrected chi connectivity index (χ0v) is 17.4. The molecule has 6 nitrogen and oxygen atoms in total. The summed E-state index contributed by atoms with van der Waals surface area (Å²) < 4.78 is 2.33. The van der Waals surface area contributed by atoms with Crippen LogP contribution in [0.4, 0.5) is 11.5 Å². The van der Waals surface area contributed by atoms with Gasteiger partial charge < -0.3 is 14.8 Å². The zero-order valence-electron chi connectivity index (χ0n) is 17.4. The second kappa shape index (κ2) is 8.46. The number of imidazole rings is 1. The molecule has 2 aliphatic heterocycles. The maximum Gasteiger partial charge on any atom is 0.257 e. The van der Waals surface area contributed by atoms with Crippen molar-refractivity contribution in [3.63, 3.8) is 0 Å². The molecule has 1 fully saturated rings. The number of hydrogen-bond donors (Lipinski definition) is 1. The van der Waals surface area contributed by atoms with Gasteiger partial charge >= 0.3 is 0 Å². The van der Waals surface area contributed by atoms with Crippen molar-refractivity contribution in [1.29, 1.82) is 0 Å². The third-order valence-electron chi connectivity index (χ3n) is 6.31. The highest BCUT2D eigenvalue weighted by atomic mass is 16.1. The lowest BCUT2D eigenvalue weighted by Gasteiger charge is -2.21. The molecule has 2 aromatic heterocycles. The molecule has 4 heterocycles. The molecular weight excluding hydrogens is 374 g/mol. The van der Waals surface area contributed by atoms with Crippen molar-refractivity contribution in [1.82, 2.24) is 14.5 Å². The van der Waals surface area contributed by atoms with Gasteiger partial charge in [-0.25, -0.2) is 9.97 Å². The first-order valence-corrected chi connectivity index (χ1v) is 11.3. The third-order valence-corrected chi connectivity index (χ3v) is 6.31. The summed E-state index contributed by atoms with van der Waals surface area (Å²) in [4.78, 5) is 24.4. The van der Waals surface area contributed by atoms with Gasteiger partial charge in [-0.1, -0.05) is 19.3 Å². The minimum atomic E-state index is -0.134. The molecular formula is C24H29N5O. The van der Waals surface area contributed by atoms with E-state index in [0.717, 1.165) is 48.6 Å². The Kier molecular flexibility index (Phi) is 5.39. The molecule has 6 heteroatoms. The average Bonchev–Trinajstić information content (AvgIpc) is 2.98. The summed E-state index contributed by atoms with van der Waals surface area (Å²) in [6.07, 6.45) is 11.4. The number of pyridine rings is 1. The van der Waals surface area contributed by atoms with Crippen LogP contribution in [0.3, 0.4) is 0 Å². The van der Waals surface area contributed by atoms with Crippen LogP contribution in [0, 0.1) is 0 Å². The van der Waals surface area contributed by atoms with Crippen molar-refractivity contribution < 1.29 is 4.79 Å². The number of aromatic nitrogens is 3. The quantitative estimate of drug-likeness (QED) is 0.683. The maximum atomic E-state index is 12.7. The van der Waals surface area contributed by atoms with E-state index in [-0.39, 0.29) is 5.91 Å². The molecule has 0 bridgehead atoms. The van der Waals surface area contributed by atoms with Crippen LogP contribution < -0.4 is 10.2 Å². The Morgan fingerprint density at radius 3 is 2.50 bits per heavy atom. The predicted octanol–water partition coefficient (Wildman–Crippen LogP) is 4.79. The lowest BCUT2D eigenvalue weighted by Crippen LogP contribution is -2.25. The topological polar surface area (TPSA) is 63.1 Å². The monoisotopic (exact) mass is 403 g/mol. The van der Waals surface area contributed by atoms with Gasteiger partial charge in [0.2, 0.25) is 0 Å². The number of carbonyl (C=O) groups is 1. The van der Waals surface area contributed by atoms with E-state index in [4.69, 9.17) is 4.98 Å². The molecule has 0 unspecified atom stereocenters. The summed E-state index contributed by atoms with van der Waals surface area (Å²) in [6, 6.07) is 9.87. The first-order valence-electron chi connectivity index (χ1n) is 11.3. The van der Waals surface area contributed by atoms with E-state index in [1.807, 2.05) is 24.3 Å². The Labute approximate surface area is 177 Å². The summed E-state index contributed by atoms with van der Waals surface area (Å²) >= 11 is 0. The van der Waals surface area contributed by atoms with Crippen molar-refractivity contribution in [3.8, 4) is 0 Å². The molecule has 0 spiro atoms. The molecule has 1 saturated heterocycles. The van der Waals surface area contributed by atoms with E-state index in [9.17, 15) is 4.79 Å². The van der Waals surface area contributed by atoms with E-state index < -0.39 is 0 Å². The zero-order chi connectivity index (χ0) is 20.3. The predicted molar refractivity (Wildman–Crippen MR) is 120 cm³/mol. The van der Waals surface area contributed by atoms with Crippen LogP contribution in [0.1, 0.15) is 61.1 Å². The molecule has 3 aromatic rings. The minimum absolute atomic E-state index is 0.134. The van der Waals surface area contributed by atoms with Gasteiger partial charge in [0.1, 0.15) is 11.6 Å². The normalized spacial score (nSPS) is 17.3. The third kappa shape index (κ3) is 3.91. The minimum Gasteiger partial charge on any atom is -0.357 e. The fourth-order valence-electron chi connectivity index (χ4n) is 4.64. The summed E-state index contributed by atoms with van der Waals surface area (Å²) in [6.45, 7) is 3.13. The lowest BCUT2D eigenvalue weighted by molar-refractivity contribution is 0.102. The number of rotatable bonds is 3. The van der Waals surface area contributed by atoms with Crippen molar-refractivity contribution in [2.45, 2.75) is 57.9 Å². The van der Waals surface area contributed by atoms with Gasteiger partial charge in [-0.2, -0.15) is 0 Å². The van der Waals surface area contributed by atoms with E-state index >= 15 is 0 Å². The van der Waals surface area contributed by atoms with Crippen LogP contribution in [-0.4, -0.2) is 33.5 Å². The van der Waals surface area contributed by atoms with E-state index in [0.29, 0.717) is 5.56 Å². The van der Waals surface area contributed by atoms with E-state index in [1.165, 1.54) is 50.8 Å².